The highest BCUT2D eigenvalue weighted by atomic mass is 16.3. The second-order valence-electron chi connectivity index (χ2n) is 5.59. The fourth-order valence-electron chi connectivity index (χ4n) is 2.62. The number of carbonyl (C=O) groups is 1. The second-order valence-corrected chi connectivity index (χ2v) is 5.59. The zero-order valence-electron chi connectivity index (χ0n) is 10.5. The third-order valence-electron chi connectivity index (χ3n) is 4.14. The van der Waals surface area contributed by atoms with Gasteiger partial charge in [0.15, 0.2) is 0 Å². The first-order valence-corrected chi connectivity index (χ1v) is 6.88. The Hall–Kier alpha value is -0.610. The van der Waals surface area contributed by atoms with Crippen molar-refractivity contribution in [1.82, 2.24) is 10.6 Å². The Morgan fingerprint density at radius 2 is 2.06 bits per heavy atom. The highest BCUT2D eigenvalue weighted by molar-refractivity contribution is 5.75. The van der Waals surface area contributed by atoms with Gasteiger partial charge < -0.3 is 15.7 Å². The van der Waals surface area contributed by atoms with E-state index in [1.807, 2.05) is 0 Å². The van der Waals surface area contributed by atoms with Crippen LogP contribution in [-0.2, 0) is 4.79 Å². The topological polar surface area (TPSA) is 61.4 Å². The lowest BCUT2D eigenvalue weighted by Gasteiger charge is -2.36. The van der Waals surface area contributed by atoms with Crippen LogP contribution in [0.1, 0.15) is 44.9 Å². The lowest BCUT2D eigenvalue weighted by Crippen LogP contribution is -2.47. The number of piperidine rings is 1. The van der Waals surface area contributed by atoms with Crippen molar-refractivity contribution in [2.75, 3.05) is 19.6 Å². The summed E-state index contributed by atoms with van der Waals surface area (Å²) in [7, 11) is 0. The fraction of sp³-hybridized carbons (Fsp3) is 0.923. The van der Waals surface area contributed by atoms with E-state index in [4.69, 9.17) is 0 Å². The molecule has 98 valence electrons. The Morgan fingerprint density at radius 3 is 2.65 bits per heavy atom. The molecule has 0 spiro atoms. The Morgan fingerprint density at radius 1 is 1.35 bits per heavy atom. The van der Waals surface area contributed by atoms with Crippen molar-refractivity contribution in [2.45, 2.75) is 50.5 Å². The minimum atomic E-state index is -0.593. The van der Waals surface area contributed by atoms with Crippen LogP contribution in [0.3, 0.4) is 0 Å². The molecule has 1 aliphatic carbocycles. The predicted octanol–water partition coefficient (Wildman–Crippen LogP) is 0.797. The summed E-state index contributed by atoms with van der Waals surface area (Å²) in [4.78, 5) is 11.6. The van der Waals surface area contributed by atoms with Gasteiger partial charge in [-0.05, 0) is 57.5 Å². The normalized spacial score (nSPS) is 24.1. The molecule has 2 fully saturated rings. The first-order chi connectivity index (χ1) is 8.18. The van der Waals surface area contributed by atoms with Gasteiger partial charge in [-0.3, -0.25) is 4.79 Å². The number of aliphatic hydroxyl groups is 1. The standard InChI is InChI=1S/C13H24N2O2/c16-12(15-10-13(17)6-1-7-13)3-2-11-4-8-14-9-5-11/h11,14,17H,1-10H2,(H,15,16). The van der Waals surface area contributed by atoms with Crippen molar-refractivity contribution in [3.8, 4) is 0 Å². The van der Waals surface area contributed by atoms with Crippen molar-refractivity contribution >= 4 is 5.91 Å². The van der Waals surface area contributed by atoms with Crippen molar-refractivity contribution in [3.05, 3.63) is 0 Å². The van der Waals surface area contributed by atoms with Crippen LogP contribution in [0.4, 0.5) is 0 Å². The average molecular weight is 240 g/mol. The van der Waals surface area contributed by atoms with E-state index in [-0.39, 0.29) is 5.91 Å². The monoisotopic (exact) mass is 240 g/mol. The molecular formula is C13H24N2O2. The lowest BCUT2D eigenvalue weighted by molar-refractivity contribution is -0.123. The molecule has 0 radical (unpaired) electrons. The molecule has 1 saturated heterocycles. The molecule has 4 heteroatoms. The second kappa shape index (κ2) is 5.83. The van der Waals surface area contributed by atoms with Crippen LogP contribution < -0.4 is 10.6 Å². The quantitative estimate of drug-likeness (QED) is 0.666. The van der Waals surface area contributed by atoms with Crippen molar-refractivity contribution in [1.29, 1.82) is 0 Å². The maximum Gasteiger partial charge on any atom is 0.220 e. The summed E-state index contributed by atoms with van der Waals surface area (Å²) in [6, 6.07) is 0. The van der Waals surface area contributed by atoms with Gasteiger partial charge in [0.05, 0.1) is 5.60 Å². The third kappa shape index (κ3) is 3.96. The largest absolute Gasteiger partial charge is 0.388 e. The summed E-state index contributed by atoms with van der Waals surface area (Å²) in [5.41, 5.74) is -0.593. The highest BCUT2D eigenvalue weighted by Crippen LogP contribution is 2.30. The van der Waals surface area contributed by atoms with Crippen molar-refractivity contribution < 1.29 is 9.90 Å². The molecule has 0 aromatic rings. The molecular weight excluding hydrogens is 216 g/mol. The molecule has 1 saturated carbocycles. The number of hydrogen-bond acceptors (Lipinski definition) is 3. The molecule has 0 aromatic heterocycles. The van der Waals surface area contributed by atoms with Gasteiger partial charge >= 0.3 is 0 Å². The number of hydrogen-bond donors (Lipinski definition) is 3. The van der Waals surface area contributed by atoms with E-state index in [0.29, 0.717) is 18.9 Å². The van der Waals surface area contributed by atoms with Crippen LogP contribution in [0, 0.1) is 5.92 Å². The molecule has 2 rings (SSSR count). The maximum atomic E-state index is 11.6. The molecule has 0 bridgehead atoms. The number of carbonyl (C=O) groups excluding carboxylic acids is 1. The summed E-state index contributed by atoms with van der Waals surface area (Å²) in [6.45, 7) is 2.62. The minimum Gasteiger partial charge on any atom is -0.388 e. The number of amides is 1. The summed E-state index contributed by atoms with van der Waals surface area (Å²) in [5.74, 6) is 0.803. The van der Waals surface area contributed by atoms with E-state index in [1.54, 1.807) is 0 Å². The van der Waals surface area contributed by atoms with E-state index < -0.39 is 5.60 Å². The molecule has 17 heavy (non-hydrogen) atoms. The first-order valence-electron chi connectivity index (χ1n) is 6.88. The first kappa shape index (κ1) is 12.8. The highest BCUT2D eigenvalue weighted by Gasteiger charge is 2.34. The number of nitrogens with one attached hydrogen (secondary N) is 2. The van der Waals surface area contributed by atoms with E-state index in [9.17, 15) is 9.90 Å². The Kier molecular flexibility index (Phi) is 4.40. The summed E-state index contributed by atoms with van der Waals surface area (Å²) in [6.07, 6.45) is 6.74. The van der Waals surface area contributed by atoms with Crippen LogP contribution in [0.25, 0.3) is 0 Å². The van der Waals surface area contributed by atoms with Crippen molar-refractivity contribution in [3.63, 3.8) is 0 Å². The van der Waals surface area contributed by atoms with E-state index in [0.717, 1.165) is 38.8 Å². The Labute approximate surface area is 103 Å². The molecule has 0 atom stereocenters. The third-order valence-corrected chi connectivity index (χ3v) is 4.14. The molecule has 2 aliphatic rings. The Balaban J connectivity index is 1.57. The lowest BCUT2D eigenvalue weighted by atomic mass is 9.80. The van der Waals surface area contributed by atoms with Crippen LogP contribution in [0.15, 0.2) is 0 Å². The van der Waals surface area contributed by atoms with Gasteiger partial charge in [-0.1, -0.05) is 0 Å². The van der Waals surface area contributed by atoms with Gasteiger partial charge in [-0.25, -0.2) is 0 Å². The van der Waals surface area contributed by atoms with Gasteiger partial charge in [0.1, 0.15) is 0 Å². The summed E-state index contributed by atoms with van der Waals surface area (Å²) < 4.78 is 0. The number of rotatable bonds is 5. The molecule has 1 aliphatic heterocycles. The van der Waals surface area contributed by atoms with Crippen molar-refractivity contribution in [2.24, 2.45) is 5.92 Å². The molecule has 3 N–H and O–H groups in total. The van der Waals surface area contributed by atoms with E-state index >= 15 is 0 Å². The molecule has 0 aromatic carbocycles. The minimum absolute atomic E-state index is 0.101. The van der Waals surface area contributed by atoms with Gasteiger partial charge in [0.2, 0.25) is 5.91 Å². The van der Waals surface area contributed by atoms with Gasteiger partial charge in [-0.15, -0.1) is 0 Å². The Bertz CT molecular complexity index is 258. The smallest absolute Gasteiger partial charge is 0.220 e. The van der Waals surface area contributed by atoms with E-state index in [2.05, 4.69) is 10.6 Å². The predicted molar refractivity (Wildman–Crippen MR) is 66.6 cm³/mol. The van der Waals surface area contributed by atoms with E-state index in [1.165, 1.54) is 12.8 Å². The van der Waals surface area contributed by atoms with Gasteiger partial charge in [0.25, 0.3) is 0 Å². The molecule has 0 unspecified atom stereocenters. The zero-order chi connectivity index (χ0) is 12.1. The molecule has 1 amide bonds. The van der Waals surface area contributed by atoms with Crippen LogP contribution in [0.5, 0.6) is 0 Å². The molecule has 4 nitrogen and oxygen atoms in total. The fourth-order valence-corrected chi connectivity index (χ4v) is 2.62. The van der Waals surface area contributed by atoms with Crippen LogP contribution in [0.2, 0.25) is 0 Å². The summed E-state index contributed by atoms with van der Waals surface area (Å²) in [5, 5.41) is 16.0. The zero-order valence-corrected chi connectivity index (χ0v) is 10.5. The van der Waals surface area contributed by atoms with Gasteiger partial charge in [-0.2, -0.15) is 0 Å². The van der Waals surface area contributed by atoms with Crippen LogP contribution in [-0.4, -0.2) is 36.2 Å². The molecule has 1 heterocycles. The maximum absolute atomic E-state index is 11.6. The van der Waals surface area contributed by atoms with Crippen LogP contribution >= 0.6 is 0 Å². The SMILES string of the molecule is O=C(CCC1CCNCC1)NCC1(O)CCC1. The average Bonchev–Trinajstić information content (AvgIpc) is 2.33. The van der Waals surface area contributed by atoms with Gasteiger partial charge in [0, 0.05) is 13.0 Å². The summed E-state index contributed by atoms with van der Waals surface area (Å²) >= 11 is 0.